The summed E-state index contributed by atoms with van der Waals surface area (Å²) in [4.78, 5) is 26.5. The Morgan fingerprint density at radius 2 is 1.87 bits per heavy atom. The number of piperidine rings is 1. The van der Waals surface area contributed by atoms with Gasteiger partial charge in [-0.05, 0) is 50.8 Å². The van der Waals surface area contributed by atoms with Crippen molar-refractivity contribution in [1.82, 2.24) is 24.6 Å². The van der Waals surface area contributed by atoms with Crippen molar-refractivity contribution in [3.8, 4) is 5.69 Å². The number of aromatic nitrogens is 4. The average Bonchev–Trinajstić information content (AvgIpc) is 3.43. The van der Waals surface area contributed by atoms with Crippen LogP contribution in [-0.2, 0) is 4.79 Å². The van der Waals surface area contributed by atoms with Crippen LogP contribution in [0.3, 0.4) is 0 Å². The summed E-state index contributed by atoms with van der Waals surface area (Å²) in [6, 6.07) is 7.59. The monoisotopic (exact) mass is 424 g/mol. The largest absolute Gasteiger partial charge is 0.356 e. The van der Waals surface area contributed by atoms with E-state index in [-0.39, 0.29) is 5.92 Å². The molecule has 2 aliphatic heterocycles. The first-order valence-electron chi connectivity index (χ1n) is 10.6. The molecule has 2 saturated heterocycles. The number of carbonyl (C=O) groups is 1. The van der Waals surface area contributed by atoms with E-state index in [0.29, 0.717) is 16.8 Å². The van der Waals surface area contributed by atoms with Crippen LogP contribution in [0.5, 0.6) is 0 Å². The van der Waals surface area contributed by atoms with Gasteiger partial charge in [0, 0.05) is 37.1 Å². The van der Waals surface area contributed by atoms with E-state index >= 15 is 0 Å². The first-order chi connectivity index (χ1) is 14.6. The molecule has 2 aromatic heterocycles. The number of likely N-dealkylation sites (tertiary alicyclic amines) is 1. The van der Waals surface area contributed by atoms with E-state index in [4.69, 9.17) is 16.6 Å². The summed E-state index contributed by atoms with van der Waals surface area (Å²) in [6.45, 7) is 5.39. The molecule has 30 heavy (non-hydrogen) atoms. The summed E-state index contributed by atoms with van der Waals surface area (Å²) in [5.74, 6) is 2.08. The number of fused-ring (bicyclic) bond motifs is 1. The van der Waals surface area contributed by atoms with Crippen molar-refractivity contribution in [2.45, 2.75) is 32.6 Å². The Morgan fingerprint density at radius 3 is 2.60 bits per heavy atom. The van der Waals surface area contributed by atoms with Crippen LogP contribution in [0.25, 0.3) is 16.7 Å². The van der Waals surface area contributed by atoms with Crippen LogP contribution in [0.4, 0.5) is 5.82 Å². The van der Waals surface area contributed by atoms with Gasteiger partial charge < -0.3 is 9.80 Å². The lowest BCUT2D eigenvalue weighted by molar-refractivity contribution is -0.135. The molecule has 8 heteroatoms. The van der Waals surface area contributed by atoms with Gasteiger partial charge in [-0.1, -0.05) is 17.7 Å². The molecule has 5 rings (SSSR count). The number of carbonyl (C=O) groups excluding carboxylic acids is 1. The highest BCUT2D eigenvalue weighted by molar-refractivity contribution is 6.30. The molecule has 3 aromatic rings. The van der Waals surface area contributed by atoms with Crippen molar-refractivity contribution in [2.24, 2.45) is 5.92 Å². The quantitative estimate of drug-likeness (QED) is 0.642. The van der Waals surface area contributed by atoms with E-state index < -0.39 is 0 Å². The summed E-state index contributed by atoms with van der Waals surface area (Å²) in [7, 11) is 0. The number of halogens is 1. The minimum Gasteiger partial charge on any atom is -0.356 e. The molecular weight excluding hydrogens is 400 g/mol. The van der Waals surface area contributed by atoms with Gasteiger partial charge in [-0.3, -0.25) is 4.79 Å². The van der Waals surface area contributed by atoms with E-state index in [1.807, 2.05) is 47.0 Å². The van der Waals surface area contributed by atoms with Crippen molar-refractivity contribution in [1.29, 1.82) is 0 Å². The highest BCUT2D eigenvalue weighted by Gasteiger charge is 2.31. The SMILES string of the molecule is Cc1nc(N2CCC(C(=O)N3CCCC3)CC2)c2cnn(-c3cccc(Cl)c3)c2n1. The number of amides is 1. The third kappa shape index (κ3) is 3.51. The third-order valence-corrected chi connectivity index (χ3v) is 6.37. The Kier molecular flexibility index (Phi) is 5.06. The molecule has 4 heterocycles. The fourth-order valence-corrected chi connectivity index (χ4v) is 4.76. The summed E-state index contributed by atoms with van der Waals surface area (Å²) < 4.78 is 1.81. The van der Waals surface area contributed by atoms with Gasteiger partial charge in [-0.25, -0.2) is 14.6 Å². The second-order valence-electron chi connectivity index (χ2n) is 8.16. The third-order valence-electron chi connectivity index (χ3n) is 6.13. The minimum absolute atomic E-state index is 0.131. The average molecular weight is 425 g/mol. The maximum atomic E-state index is 12.8. The van der Waals surface area contributed by atoms with E-state index in [9.17, 15) is 4.79 Å². The zero-order valence-electron chi connectivity index (χ0n) is 17.1. The van der Waals surface area contributed by atoms with Gasteiger partial charge >= 0.3 is 0 Å². The summed E-state index contributed by atoms with van der Waals surface area (Å²) in [5, 5.41) is 6.15. The van der Waals surface area contributed by atoms with Crippen LogP contribution in [0, 0.1) is 12.8 Å². The van der Waals surface area contributed by atoms with Crippen LogP contribution in [0.15, 0.2) is 30.5 Å². The lowest BCUT2D eigenvalue weighted by Crippen LogP contribution is -2.42. The van der Waals surface area contributed by atoms with Crippen LogP contribution in [0.2, 0.25) is 5.02 Å². The van der Waals surface area contributed by atoms with Crippen LogP contribution >= 0.6 is 11.6 Å². The van der Waals surface area contributed by atoms with E-state index in [1.165, 1.54) is 0 Å². The second-order valence-corrected chi connectivity index (χ2v) is 8.60. The molecule has 156 valence electrons. The first-order valence-corrected chi connectivity index (χ1v) is 11.0. The van der Waals surface area contributed by atoms with Gasteiger partial charge in [0.05, 0.1) is 17.3 Å². The van der Waals surface area contributed by atoms with E-state index in [0.717, 1.165) is 74.4 Å². The Morgan fingerprint density at radius 1 is 1.10 bits per heavy atom. The molecular formula is C22H25ClN6O. The summed E-state index contributed by atoms with van der Waals surface area (Å²) in [5.41, 5.74) is 1.64. The Hall–Kier alpha value is -2.67. The maximum absolute atomic E-state index is 12.8. The zero-order chi connectivity index (χ0) is 20.7. The smallest absolute Gasteiger partial charge is 0.225 e. The molecule has 2 fully saturated rings. The molecule has 0 N–H and O–H groups in total. The van der Waals surface area contributed by atoms with Gasteiger partial charge in [0.15, 0.2) is 5.65 Å². The number of benzene rings is 1. The second kappa shape index (κ2) is 7.87. The van der Waals surface area contributed by atoms with Crippen molar-refractivity contribution >= 4 is 34.4 Å². The molecule has 7 nitrogen and oxygen atoms in total. The first kappa shape index (κ1) is 19.3. The fraction of sp³-hybridized carbons (Fsp3) is 0.455. The van der Waals surface area contributed by atoms with Crippen molar-refractivity contribution < 1.29 is 4.79 Å². The Labute approximate surface area is 180 Å². The molecule has 1 aromatic carbocycles. The van der Waals surface area contributed by atoms with Gasteiger partial charge in [-0.2, -0.15) is 5.10 Å². The maximum Gasteiger partial charge on any atom is 0.225 e. The molecule has 1 amide bonds. The number of aryl methyl sites for hydroxylation is 1. The predicted octanol–water partition coefficient (Wildman–Crippen LogP) is 3.62. The van der Waals surface area contributed by atoms with Gasteiger partial charge in [0.2, 0.25) is 5.91 Å². The van der Waals surface area contributed by atoms with Gasteiger partial charge in [0.1, 0.15) is 11.6 Å². The summed E-state index contributed by atoms with van der Waals surface area (Å²) in [6.07, 6.45) is 5.83. The van der Waals surface area contributed by atoms with E-state index in [2.05, 4.69) is 15.0 Å². The van der Waals surface area contributed by atoms with Gasteiger partial charge in [-0.15, -0.1) is 0 Å². The van der Waals surface area contributed by atoms with Crippen molar-refractivity contribution in [3.63, 3.8) is 0 Å². The normalized spacial score (nSPS) is 17.8. The van der Waals surface area contributed by atoms with Crippen LogP contribution in [-0.4, -0.2) is 56.7 Å². The molecule has 2 aliphatic rings. The fourth-order valence-electron chi connectivity index (χ4n) is 4.57. The number of nitrogens with zero attached hydrogens (tertiary/aromatic N) is 6. The lowest BCUT2D eigenvalue weighted by Gasteiger charge is -2.34. The lowest BCUT2D eigenvalue weighted by atomic mass is 9.95. The summed E-state index contributed by atoms with van der Waals surface area (Å²) >= 11 is 6.17. The zero-order valence-corrected chi connectivity index (χ0v) is 17.8. The van der Waals surface area contributed by atoms with Crippen LogP contribution in [0.1, 0.15) is 31.5 Å². The van der Waals surface area contributed by atoms with Crippen LogP contribution < -0.4 is 4.90 Å². The highest BCUT2D eigenvalue weighted by Crippen LogP contribution is 2.30. The number of hydrogen-bond acceptors (Lipinski definition) is 5. The predicted molar refractivity (Wildman–Crippen MR) is 117 cm³/mol. The number of hydrogen-bond donors (Lipinski definition) is 0. The molecule has 0 bridgehead atoms. The Balaban J connectivity index is 1.41. The topological polar surface area (TPSA) is 67.2 Å². The highest BCUT2D eigenvalue weighted by atomic mass is 35.5. The molecule has 0 unspecified atom stereocenters. The molecule has 0 atom stereocenters. The molecule has 0 saturated carbocycles. The minimum atomic E-state index is 0.131. The standard InChI is InChI=1S/C22H25ClN6O/c1-15-25-20(27-11-7-16(8-12-27)22(30)28-9-2-3-10-28)19-14-24-29(21(19)26-15)18-6-4-5-17(23)13-18/h4-6,13-14,16H,2-3,7-12H2,1H3. The number of rotatable bonds is 3. The molecule has 0 spiro atoms. The van der Waals surface area contributed by atoms with E-state index in [1.54, 1.807) is 0 Å². The molecule has 0 aliphatic carbocycles. The molecule has 0 radical (unpaired) electrons. The Bertz CT molecular complexity index is 1080. The van der Waals surface area contributed by atoms with Crippen molar-refractivity contribution in [3.05, 3.63) is 41.3 Å². The van der Waals surface area contributed by atoms with Crippen molar-refractivity contribution in [2.75, 3.05) is 31.1 Å². The van der Waals surface area contributed by atoms with Gasteiger partial charge in [0.25, 0.3) is 0 Å². The number of anilines is 1.